The van der Waals surface area contributed by atoms with Gasteiger partial charge in [0.1, 0.15) is 0 Å². The summed E-state index contributed by atoms with van der Waals surface area (Å²) in [6, 6.07) is 0. The van der Waals surface area contributed by atoms with Gasteiger partial charge in [-0.25, -0.2) is 0 Å². The van der Waals surface area contributed by atoms with Crippen LogP contribution in [0.25, 0.3) is 0 Å². The summed E-state index contributed by atoms with van der Waals surface area (Å²) in [7, 11) is 0. The van der Waals surface area contributed by atoms with Crippen molar-refractivity contribution in [1.82, 2.24) is 0 Å². The van der Waals surface area contributed by atoms with Gasteiger partial charge in [0.15, 0.2) is 0 Å². The molecule has 0 saturated heterocycles. The van der Waals surface area contributed by atoms with E-state index < -0.39 is 0 Å². The lowest BCUT2D eigenvalue weighted by Gasteiger charge is -2.10. The molecule has 0 amide bonds. The zero-order valence-corrected chi connectivity index (χ0v) is 7.43. The fraction of sp³-hybridized carbons (Fsp3) is 0.818. The van der Waals surface area contributed by atoms with Crippen molar-refractivity contribution in [1.29, 1.82) is 0 Å². The molecule has 11 heavy (non-hydrogen) atoms. The summed E-state index contributed by atoms with van der Waals surface area (Å²) in [5.74, 6) is 4.40. The van der Waals surface area contributed by atoms with Crippen molar-refractivity contribution in [2.24, 2.45) is 23.7 Å². The molecule has 4 unspecified atom stereocenters. The lowest BCUT2D eigenvalue weighted by atomic mass is 9.95. The topological polar surface area (TPSA) is 0 Å². The maximum atomic E-state index is 2.31. The standard InChI is InChI=1S/C11H16/c1-6(2)11-7-3-4-8(11)10-5-9(7)10/h7-10H,3-5H2,1-2H3. The van der Waals surface area contributed by atoms with E-state index in [0.717, 1.165) is 23.7 Å². The summed E-state index contributed by atoms with van der Waals surface area (Å²) in [6.07, 6.45) is 4.62. The second-order valence-electron chi connectivity index (χ2n) is 4.81. The van der Waals surface area contributed by atoms with Gasteiger partial charge in [-0.15, -0.1) is 0 Å². The lowest BCUT2D eigenvalue weighted by molar-refractivity contribution is 0.456. The average molecular weight is 148 g/mol. The Hall–Kier alpha value is -0.260. The first-order valence-electron chi connectivity index (χ1n) is 4.96. The van der Waals surface area contributed by atoms with Crippen molar-refractivity contribution in [3.8, 4) is 0 Å². The minimum absolute atomic E-state index is 1.05. The van der Waals surface area contributed by atoms with Gasteiger partial charge in [0.05, 0.1) is 0 Å². The Kier molecular flexibility index (Phi) is 0.987. The molecule has 60 valence electrons. The van der Waals surface area contributed by atoms with Crippen LogP contribution in [0.1, 0.15) is 33.1 Å². The molecule has 0 N–H and O–H groups in total. The summed E-state index contributed by atoms with van der Waals surface area (Å²) in [5, 5.41) is 0. The summed E-state index contributed by atoms with van der Waals surface area (Å²) < 4.78 is 0. The third kappa shape index (κ3) is 0.617. The number of hydrogen-bond acceptors (Lipinski definition) is 0. The number of allylic oxidation sites excluding steroid dienone is 2. The molecule has 0 nitrogen and oxygen atoms in total. The van der Waals surface area contributed by atoms with E-state index in [1.807, 2.05) is 5.57 Å². The molecule has 3 aliphatic carbocycles. The van der Waals surface area contributed by atoms with E-state index in [2.05, 4.69) is 13.8 Å². The predicted molar refractivity (Wildman–Crippen MR) is 46.2 cm³/mol. The van der Waals surface area contributed by atoms with Crippen LogP contribution >= 0.6 is 0 Å². The van der Waals surface area contributed by atoms with Crippen molar-refractivity contribution in [2.75, 3.05) is 0 Å². The second kappa shape index (κ2) is 1.73. The van der Waals surface area contributed by atoms with E-state index in [0.29, 0.717) is 0 Å². The fourth-order valence-electron chi connectivity index (χ4n) is 3.74. The Morgan fingerprint density at radius 2 is 1.64 bits per heavy atom. The number of hydrogen-bond donors (Lipinski definition) is 0. The maximum absolute atomic E-state index is 2.31. The SMILES string of the molecule is CC(C)=C1C2CCC1C1CC21. The lowest BCUT2D eigenvalue weighted by Crippen LogP contribution is -1.98. The molecule has 0 aliphatic heterocycles. The van der Waals surface area contributed by atoms with Gasteiger partial charge in [-0.2, -0.15) is 0 Å². The van der Waals surface area contributed by atoms with Crippen LogP contribution in [-0.2, 0) is 0 Å². The largest absolute Gasteiger partial charge is 0.0767 e. The van der Waals surface area contributed by atoms with Crippen molar-refractivity contribution in [2.45, 2.75) is 33.1 Å². The summed E-state index contributed by atoms with van der Waals surface area (Å²) in [6.45, 7) is 4.62. The van der Waals surface area contributed by atoms with Crippen LogP contribution in [0.15, 0.2) is 11.1 Å². The summed E-state index contributed by atoms with van der Waals surface area (Å²) >= 11 is 0. The molecule has 0 heterocycles. The Labute approximate surface area is 68.7 Å². The van der Waals surface area contributed by atoms with Crippen LogP contribution in [0.5, 0.6) is 0 Å². The quantitative estimate of drug-likeness (QED) is 0.463. The van der Waals surface area contributed by atoms with E-state index in [9.17, 15) is 0 Å². The van der Waals surface area contributed by atoms with Gasteiger partial charge < -0.3 is 0 Å². The van der Waals surface area contributed by atoms with Crippen LogP contribution in [0, 0.1) is 23.7 Å². The fourth-order valence-corrected chi connectivity index (χ4v) is 3.74. The van der Waals surface area contributed by atoms with Crippen molar-refractivity contribution in [3.05, 3.63) is 11.1 Å². The normalized spacial score (nSPS) is 51.3. The van der Waals surface area contributed by atoms with Gasteiger partial charge in [-0.3, -0.25) is 0 Å². The zero-order valence-electron chi connectivity index (χ0n) is 7.43. The highest BCUT2D eigenvalue weighted by Gasteiger charge is 2.60. The van der Waals surface area contributed by atoms with E-state index in [4.69, 9.17) is 0 Å². The minimum atomic E-state index is 1.05. The van der Waals surface area contributed by atoms with E-state index in [1.54, 1.807) is 12.0 Å². The van der Waals surface area contributed by atoms with Crippen LogP contribution < -0.4 is 0 Å². The van der Waals surface area contributed by atoms with E-state index >= 15 is 0 Å². The third-order valence-electron chi connectivity index (χ3n) is 4.09. The molecule has 0 aromatic heterocycles. The molecule has 3 fully saturated rings. The van der Waals surface area contributed by atoms with Crippen LogP contribution in [0.2, 0.25) is 0 Å². The molecule has 3 rings (SSSR count). The predicted octanol–water partition coefficient (Wildman–Crippen LogP) is 3.00. The molecule has 3 aliphatic rings. The molecule has 0 heteroatoms. The van der Waals surface area contributed by atoms with Gasteiger partial charge >= 0.3 is 0 Å². The van der Waals surface area contributed by atoms with Gasteiger partial charge in [-0.05, 0) is 56.8 Å². The second-order valence-corrected chi connectivity index (χ2v) is 4.81. The molecule has 0 aromatic rings. The zero-order chi connectivity index (χ0) is 7.59. The Bertz CT molecular complexity index is 214. The highest BCUT2D eigenvalue weighted by atomic mass is 14.6. The number of fused-ring (bicyclic) bond motifs is 5. The molecule has 0 aromatic carbocycles. The minimum Gasteiger partial charge on any atom is -0.0767 e. The van der Waals surface area contributed by atoms with Gasteiger partial charge in [0, 0.05) is 0 Å². The first kappa shape index (κ1) is 6.28. The molecular weight excluding hydrogens is 132 g/mol. The summed E-state index contributed by atoms with van der Waals surface area (Å²) in [5.41, 5.74) is 3.52. The van der Waals surface area contributed by atoms with Gasteiger partial charge in [0.2, 0.25) is 0 Å². The monoisotopic (exact) mass is 148 g/mol. The Morgan fingerprint density at radius 3 is 2.00 bits per heavy atom. The molecule has 2 bridgehead atoms. The smallest absolute Gasteiger partial charge is 0.0166 e. The van der Waals surface area contributed by atoms with Crippen molar-refractivity contribution < 1.29 is 0 Å². The van der Waals surface area contributed by atoms with E-state index in [-0.39, 0.29) is 0 Å². The Morgan fingerprint density at radius 1 is 1.09 bits per heavy atom. The molecular formula is C11H16. The maximum Gasteiger partial charge on any atom is -0.0166 e. The third-order valence-corrected chi connectivity index (χ3v) is 4.09. The highest BCUT2D eigenvalue weighted by molar-refractivity contribution is 5.32. The van der Waals surface area contributed by atoms with Gasteiger partial charge in [0.25, 0.3) is 0 Å². The first-order valence-corrected chi connectivity index (χ1v) is 4.96. The van der Waals surface area contributed by atoms with Crippen LogP contribution in [0.4, 0.5) is 0 Å². The molecule has 0 radical (unpaired) electrons. The van der Waals surface area contributed by atoms with Crippen LogP contribution in [-0.4, -0.2) is 0 Å². The molecule has 0 spiro atoms. The summed E-state index contributed by atoms with van der Waals surface area (Å²) in [4.78, 5) is 0. The van der Waals surface area contributed by atoms with Crippen molar-refractivity contribution >= 4 is 0 Å². The molecule has 4 atom stereocenters. The van der Waals surface area contributed by atoms with Crippen LogP contribution in [0.3, 0.4) is 0 Å². The Balaban J connectivity index is 2.06. The van der Waals surface area contributed by atoms with E-state index in [1.165, 1.54) is 12.8 Å². The number of rotatable bonds is 0. The van der Waals surface area contributed by atoms with Gasteiger partial charge in [-0.1, -0.05) is 11.1 Å². The van der Waals surface area contributed by atoms with Crippen molar-refractivity contribution in [3.63, 3.8) is 0 Å². The highest BCUT2D eigenvalue weighted by Crippen LogP contribution is 2.68. The molecule has 3 saturated carbocycles. The first-order chi connectivity index (χ1) is 5.29. The average Bonchev–Trinajstić information content (AvgIpc) is 2.58.